The molecule has 2 aromatic rings. The number of nitrogens with zero attached hydrogens (tertiary/aromatic N) is 3. The fourth-order valence-corrected chi connectivity index (χ4v) is 3.51. The van der Waals surface area contributed by atoms with E-state index in [1.807, 2.05) is 31.2 Å². The average Bonchev–Trinajstić information content (AvgIpc) is 3.11. The molecule has 7 heteroatoms. The Labute approximate surface area is 158 Å². The first-order valence-electron chi connectivity index (χ1n) is 9.25. The van der Waals surface area contributed by atoms with Crippen molar-refractivity contribution in [2.24, 2.45) is 0 Å². The number of hydrogen-bond acceptors (Lipinski definition) is 5. The minimum Gasteiger partial charge on any atom is -0.356 e. The highest BCUT2D eigenvalue weighted by atomic mass is 35.5. The highest BCUT2D eigenvalue weighted by Gasteiger charge is 2.24. The first-order chi connectivity index (χ1) is 12.7. The Morgan fingerprint density at radius 1 is 1.35 bits per heavy atom. The van der Waals surface area contributed by atoms with Gasteiger partial charge in [-0.1, -0.05) is 23.2 Å². The van der Waals surface area contributed by atoms with Gasteiger partial charge in [-0.05, 0) is 50.6 Å². The lowest BCUT2D eigenvalue weighted by Crippen LogP contribution is -2.43. The highest BCUT2D eigenvalue weighted by Crippen LogP contribution is 2.21. The van der Waals surface area contributed by atoms with Crippen molar-refractivity contribution < 1.29 is 9.32 Å². The molecular weight excluding hydrogens is 352 g/mol. The summed E-state index contributed by atoms with van der Waals surface area (Å²) in [6.45, 7) is 4.47. The van der Waals surface area contributed by atoms with Crippen LogP contribution in [-0.2, 0) is 11.2 Å². The molecule has 2 heterocycles. The largest absolute Gasteiger partial charge is 0.356 e. The van der Waals surface area contributed by atoms with E-state index in [-0.39, 0.29) is 5.91 Å². The van der Waals surface area contributed by atoms with Crippen molar-refractivity contribution in [1.82, 2.24) is 20.4 Å². The van der Waals surface area contributed by atoms with Crippen LogP contribution in [0.4, 0.5) is 0 Å². The van der Waals surface area contributed by atoms with Gasteiger partial charge in [0.05, 0.1) is 0 Å². The fraction of sp³-hybridized carbons (Fsp3) is 0.526. The third-order valence-electron chi connectivity index (χ3n) is 4.73. The van der Waals surface area contributed by atoms with Crippen LogP contribution >= 0.6 is 11.6 Å². The number of halogens is 1. The zero-order chi connectivity index (χ0) is 18.4. The summed E-state index contributed by atoms with van der Waals surface area (Å²) in [6, 6.07) is 7.68. The molecule has 3 rings (SSSR count). The Bertz CT molecular complexity index is 717. The second-order valence-corrected chi connectivity index (χ2v) is 7.05. The van der Waals surface area contributed by atoms with E-state index in [2.05, 4.69) is 20.4 Å². The minimum atomic E-state index is 0.132. The van der Waals surface area contributed by atoms with Crippen LogP contribution in [0.5, 0.6) is 0 Å². The van der Waals surface area contributed by atoms with Gasteiger partial charge in [0.1, 0.15) is 0 Å². The van der Waals surface area contributed by atoms with Crippen LogP contribution in [0.15, 0.2) is 28.8 Å². The van der Waals surface area contributed by atoms with Gasteiger partial charge in [0.15, 0.2) is 0 Å². The van der Waals surface area contributed by atoms with Crippen LogP contribution in [0.1, 0.15) is 38.5 Å². The lowest BCUT2D eigenvalue weighted by atomic mass is 9.98. The molecule has 0 spiro atoms. The van der Waals surface area contributed by atoms with Gasteiger partial charge in [0.2, 0.25) is 17.6 Å². The summed E-state index contributed by atoms with van der Waals surface area (Å²) in [5, 5.41) is 7.64. The predicted octanol–water partition coefficient (Wildman–Crippen LogP) is 3.31. The van der Waals surface area contributed by atoms with E-state index >= 15 is 0 Å². The molecule has 140 valence electrons. The SMILES string of the molecule is CCNC(=O)CC1CCCCN1CCc1nc(-c2ccc(Cl)cc2)no1. The summed E-state index contributed by atoms with van der Waals surface area (Å²) < 4.78 is 5.40. The number of piperidine rings is 1. The first-order valence-corrected chi connectivity index (χ1v) is 9.62. The summed E-state index contributed by atoms with van der Waals surface area (Å²) in [6.07, 6.45) is 4.67. The molecule has 1 unspecified atom stereocenters. The predicted molar refractivity (Wildman–Crippen MR) is 101 cm³/mol. The average molecular weight is 377 g/mol. The van der Waals surface area contributed by atoms with Gasteiger partial charge in [0, 0.05) is 42.6 Å². The van der Waals surface area contributed by atoms with E-state index in [9.17, 15) is 4.79 Å². The Hall–Kier alpha value is -1.92. The topological polar surface area (TPSA) is 71.3 Å². The minimum absolute atomic E-state index is 0.132. The summed E-state index contributed by atoms with van der Waals surface area (Å²) in [4.78, 5) is 18.8. The Morgan fingerprint density at radius 3 is 2.92 bits per heavy atom. The third kappa shape index (κ3) is 5.05. The molecule has 0 saturated carbocycles. The molecule has 1 aromatic heterocycles. The number of aromatic nitrogens is 2. The van der Waals surface area contributed by atoms with Crippen LogP contribution in [0.3, 0.4) is 0 Å². The van der Waals surface area contributed by atoms with Crippen molar-refractivity contribution in [3.8, 4) is 11.4 Å². The van der Waals surface area contributed by atoms with Crippen molar-refractivity contribution in [3.05, 3.63) is 35.2 Å². The second-order valence-electron chi connectivity index (χ2n) is 6.61. The third-order valence-corrected chi connectivity index (χ3v) is 4.98. The van der Waals surface area contributed by atoms with E-state index in [0.29, 0.717) is 42.2 Å². The van der Waals surface area contributed by atoms with E-state index in [4.69, 9.17) is 16.1 Å². The molecule has 1 aliphatic heterocycles. The number of carbonyl (C=O) groups is 1. The fourth-order valence-electron chi connectivity index (χ4n) is 3.38. The maximum absolute atomic E-state index is 11.9. The summed E-state index contributed by atoms with van der Waals surface area (Å²) in [5.41, 5.74) is 0.886. The molecule has 0 aliphatic carbocycles. The molecule has 1 saturated heterocycles. The van der Waals surface area contributed by atoms with Gasteiger partial charge in [-0.25, -0.2) is 0 Å². The quantitative estimate of drug-likeness (QED) is 0.802. The molecule has 6 nitrogen and oxygen atoms in total. The van der Waals surface area contributed by atoms with Crippen LogP contribution in [0, 0.1) is 0 Å². The van der Waals surface area contributed by atoms with E-state index in [1.54, 1.807) is 0 Å². The number of carbonyl (C=O) groups excluding carboxylic acids is 1. The first kappa shape index (κ1) is 18.9. The summed E-state index contributed by atoms with van der Waals surface area (Å²) in [5.74, 6) is 1.33. The van der Waals surface area contributed by atoms with E-state index in [1.165, 1.54) is 12.8 Å². The molecule has 1 atom stereocenters. The zero-order valence-corrected chi connectivity index (χ0v) is 15.8. The lowest BCUT2D eigenvalue weighted by molar-refractivity contribution is -0.122. The molecule has 0 bridgehead atoms. The van der Waals surface area contributed by atoms with Crippen LogP contribution in [-0.4, -0.2) is 46.6 Å². The molecule has 26 heavy (non-hydrogen) atoms. The number of rotatable bonds is 7. The maximum atomic E-state index is 11.9. The van der Waals surface area contributed by atoms with Crippen LogP contribution in [0.25, 0.3) is 11.4 Å². The Balaban J connectivity index is 1.57. The normalized spacial score (nSPS) is 18.0. The van der Waals surface area contributed by atoms with Crippen molar-refractivity contribution in [2.75, 3.05) is 19.6 Å². The monoisotopic (exact) mass is 376 g/mol. The highest BCUT2D eigenvalue weighted by molar-refractivity contribution is 6.30. The molecular formula is C19H25ClN4O2. The summed E-state index contributed by atoms with van der Waals surface area (Å²) in [7, 11) is 0. The van der Waals surface area contributed by atoms with Gasteiger partial charge in [0.25, 0.3) is 0 Å². The summed E-state index contributed by atoms with van der Waals surface area (Å²) >= 11 is 5.91. The van der Waals surface area contributed by atoms with Crippen molar-refractivity contribution in [3.63, 3.8) is 0 Å². The van der Waals surface area contributed by atoms with Crippen molar-refractivity contribution in [1.29, 1.82) is 0 Å². The Kier molecular flexibility index (Phi) is 6.63. The van der Waals surface area contributed by atoms with Gasteiger partial charge >= 0.3 is 0 Å². The smallest absolute Gasteiger partial charge is 0.228 e. The zero-order valence-electron chi connectivity index (χ0n) is 15.1. The van der Waals surface area contributed by atoms with Gasteiger partial charge in [-0.15, -0.1) is 0 Å². The van der Waals surface area contributed by atoms with Gasteiger partial charge in [-0.2, -0.15) is 4.98 Å². The maximum Gasteiger partial charge on any atom is 0.228 e. The molecule has 1 aromatic carbocycles. The van der Waals surface area contributed by atoms with Crippen molar-refractivity contribution >= 4 is 17.5 Å². The van der Waals surface area contributed by atoms with Crippen molar-refractivity contribution in [2.45, 2.75) is 45.1 Å². The molecule has 1 aliphatic rings. The number of nitrogens with one attached hydrogen (secondary N) is 1. The van der Waals surface area contributed by atoms with Gasteiger partial charge < -0.3 is 9.84 Å². The number of hydrogen-bond donors (Lipinski definition) is 1. The molecule has 1 N–H and O–H groups in total. The second kappa shape index (κ2) is 9.14. The number of amides is 1. The standard InChI is InChI=1S/C19H25ClN4O2/c1-2-21-17(25)13-16-5-3-4-11-24(16)12-10-18-22-19(23-26-18)14-6-8-15(20)9-7-14/h6-9,16H,2-5,10-13H2,1H3,(H,21,25). The van der Waals surface area contributed by atoms with Crippen LogP contribution in [0.2, 0.25) is 5.02 Å². The molecule has 0 radical (unpaired) electrons. The number of benzene rings is 1. The molecule has 1 amide bonds. The Morgan fingerprint density at radius 2 is 2.15 bits per heavy atom. The van der Waals surface area contributed by atoms with Gasteiger partial charge in [-0.3, -0.25) is 9.69 Å². The van der Waals surface area contributed by atoms with E-state index in [0.717, 1.165) is 25.1 Å². The lowest BCUT2D eigenvalue weighted by Gasteiger charge is -2.35. The number of likely N-dealkylation sites (tertiary alicyclic amines) is 1. The van der Waals surface area contributed by atoms with Crippen LogP contribution < -0.4 is 5.32 Å². The molecule has 1 fully saturated rings. The van der Waals surface area contributed by atoms with E-state index < -0.39 is 0 Å².